The van der Waals surface area contributed by atoms with Crippen LogP contribution in [0.1, 0.15) is 16.9 Å². The molecule has 0 aliphatic carbocycles. The normalized spacial score (nSPS) is 9.86. The molecule has 0 saturated carbocycles. The zero-order valence-electron chi connectivity index (χ0n) is 11.9. The third kappa shape index (κ3) is 4.51. The van der Waals surface area contributed by atoms with Gasteiger partial charge in [-0.1, -0.05) is 0 Å². The SMILES string of the molecule is COc1ccc(NC(=O)CCNC(=O)c2cnccn2)cn1. The van der Waals surface area contributed by atoms with E-state index in [1.54, 1.807) is 12.1 Å². The van der Waals surface area contributed by atoms with Crippen molar-refractivity contribution in [2.75, 3.05) is 19.0 Å². The fourth-order valence-electron chi connectivity index (χ4n) is 1.59. The molecule has 2 amide bonds. The minimum absolute atomic E-state index is 0.137. The molecule has 0 saturated heterocycles. The third-order valence-electron chi connectivity index (χ3n) is 2.66. The maximum atomic E-state index is 11.7. The number of amides is 2. The first-order valence-electron chi connectivity index (χ1n) is 6.53. The molecule has 0 aromatic carbocycles. The van der Waals surface area contributed by atoms with E-state index in [4.69, 9.17) is 4.74 Å². The predicted molar refractivity (Wildman–Crippen MR) is 78.4 cm³/mol. The molecule has 0 unspecified atom stereocenters. The first-order valence-corrected chi connectivity index (χ1v) is 6.53. The van der Waals surface area contributed by atoms with E-state index in [0.717, 1.165) is 0 Å². The predicted octanol–water partition coefficient (Wildman–Crippen LogP) is 0.639. The molecule has 114 valence electrons. The number of anilines is 1. The molecule has 2 rings (SSSR count). The fourth-order valence-corrected chi connectivity index (χ4v) is 1.59. The third-order valence-corrected chi connectivity index (χ3v) is 2.66. The van der Waals surface area contributed by atoms with Gasteiger partial charge in [0.15, 0.2) is 0 Å². The number of nitrogens with zero attached hydrogens (tertiary/aromatic N) is 3. The molecule has 2 aromatic heterocycles. The first-order chi connectivity index (χ1) is 10.7. The summed E-state index contributed by atoms with van der Waals surface area (Å²) in [5.74, 6) is -0.132. The van der Waals surface area contributed by atoms with E-state index in [0.29, 0.717) is 11.6 Å². The molecule has 0 atom stereocenters. The molecule has 0 radical (unpaired) electrons. The molecule has 8 heteroatoms. The second-order valence-electron chi connectivity index (χ2n) is 4.23. The number of hydrogen-bond donors (Lipinski definition) is 2. The Morgan fingerprint density at radius 1 is 1.18 bits per heavy atom. The Labute approximate surface area is 127 Å². The van der Waals surface area contributed by atoms with Crippen LogP contribution in [0.25, 0.3) is 0 Å². The van der Waals surface area contributed by atoms with Gasteiger partial charge in [-0.15, -0.1) is 0 Å². The van der Waals surface area contributed by atoms with Gasteiger partial charge in [-0.3, -0.25) is 14.6 Å². The fraction of sp³-hybridized carbons (Fsp3) is 0.214. The lowest BCUT2D eigenvalue weighted by Crippen LogP contribution is -2.28. The highest BCUT2D eigenvalue weighted by Crippen LogP contribution is 2.10. The van der Waals surface area contributed by atoms with E-state index in [-0.39, 0.29) is 30.5 Å². The summed E-state index contributed by atoms with van der Waals surface area (Å²) in [6, 6.07) is 3.33. The van der Waals surface area contributed by atoms with Crippen LogP contribution >= 0.6 is 0 Å². The Bertz CT molecular complexity index is 631. The number of ether oxygens (including phenoxy) is 1. The van der Waals surface area contributed by atoms with Gasteiger partial charge >= 0.3 is 0 Å². The lowest BCUT2D eigenvalue weighted by atomic mass is 10.3. The zero-order chi connectivity index (χ0) is 15.8. The van der Waals surface area contributed by atoms with Crippen LogP contribution in [0.15, 0.2) is 36.9 Å². The van der Waals surface area contributed by atoms with Gasteiger partial charge in [0.2, 0.25) is 11.8 Å². The summed E-state index contributed by atoms with van der Waals surface area (Å²) in [4.78, 5) is 35.1. The monoisotopic (exact) mass is 301 g/mol. The van der Waals surface area contributed by atoms with Crippen LogP contribution in [0.4, 0.5) is 5.69 Å². The van der Waals surface area contributed by atoms with Gasteiger partial charge in [0.25, 0.3) is 5.91 Å². The molecule has 0 spiro atoms. The minimum atomic E-state index is -0.369. The van der Waals surface area contributed by atoms with E-state index >= 15 is 0 Å². The van der Waals surface area contributed by atoms with Crippen molar-refractivity contribution >= 4 is 17.5 Å². The largest absolute Gasteiger partial charge is 0.481 e. The molecule has 8 nitrogen and oxygen atoms in total. The molecule has 22 heavy (non-hydrogen) atoms. The highest BCUT2D eigenvalue weighted by molar-refractivity contribution is 5.93. The molecule has 2 aromatic rings. The Kier molecular flexibility index (Phi) is 5.36. The average molecular weight is 301 g/mol. The van der Waals surface area contributed by atoms with Crippen LogP contribution in [-0.2, 0) is 4.79 Å². The Hall–Kier alpha value is -3.03. The second kappa shape index (κ2) is 7.67. The van der Waals surface area contributed by atoms with Crippen molar-refractivity contribution in [3.05, 3.63) is 42.6 Å². The topological polar surface area (TPSA) is 106 Å². The highest BCUT2D eigenvalue weighted by atomic mass is 16.5. The number of pyridine rings is 1. The van der Waals surface area contributed by atoms with E-state index in [1.165, 1.54) is 31.9 Å². The zero-order valence-corrected chi connectivity index (χ0v) is 11.9. The molecule has 0 fully saturated rings. The van der Waals surface area contributed by atoms with Gasteiger partial charge in [0.05, 0.1) is 25.2 Å². The van der Waals surface area contributed by atoms with Crippen molar-refractivity contribution in [1.29, 1.82) is 0 Å². The van der Waals surface area contributed by atoms with E-state index in [9.17, 15) is 9.59 Å². The van der Waals surface area contributed by atoms with Crippen LogP contribution in [-0.4, -0.2) is 40.4 Å². The van der Waals surface area contributed by atoms with Crippen molar-refractivity contribution < 1.29 is 14.3 Å². The molecular weight excluding hydrogens is 286 g/mol. The summed E-state index contributed by atoms with van der Waals surface area (Å²) in [5.41, 5.74) is 0.772. The second-order valence-corrected chi connectivity index (χ2v) is 4.23. The number of hydrogen-bond acceptors (Lipinski definition) is 6. The van der Waals surface area contributed by atoms with Gasteiger partial charge in [-0.05, 0) is 6.07 Å². The molecule has 2 N–H and O–H groups in total. The number of carbonyl (C=O) groups is 2. The molecule has 0 bridgehead atoms. The van der Waals surface area contributed by atoms with E-state index < -0.39 is 0 Å². The minimum Gasteiger partial charge on any atom is -0.481 e. The van der Waals surface area contributed by atoms with Crippen LogP contribution in [0.2, 0.25) is 0 Å². The number of rotatable bonds is 6. The van der Waals surface area contributed by atoms with Gasteiger partial charge < -0.3 is 15.4 Å². The number of aromatic nitrogens is 3. The average Bonchev–Trinajstić information content (AvgIpc) is 2.56. The van der Waals surface area contributed by atoms with Gasteiger partial charge in [0.1, 0.15) is 5.69 Å². The Morgan fingerprint density at radius 3 is 2.68 bits per heavy atom. The smallest absolute Gasteiger partial charge is 0.271 e. The molecular formula is C14H15N5O3. The summed E-state index contributed by atoms with van der Waals surface area (Å²) in [6.45, 7) is 0.199. The van der Waals surface area contributed by atoms with Crippen molar-refractivity contribution in [3.63, 3.8) is 0 Å². The van der Waals surface area contributed by atoms with Crippen LogP contribution < -0.4 is 15.4 Å². The lowest BCUT2D eigenvalue weighted by Gasteiger charge is -2.06. The molecule has 0 aliphatic rings. The van der Waals surface area contributed by atoms with Gasteiger partial charge in [-0.25, -0.2) is 9.97 Å². The number of nitrogens with one attached hydrogen (secondary N) is 2. The summed E-state index contributed by atoms with van der Waals surface area (Å²) in [6.07, 6.45) is 5.90. The van der Waals surface area contributed by atoms with Crippen molar-refractivity contribution in [1.82, 2.24) is 20.3 Å². The lowest BCUT2D eigenvalue weighted by molar-refractivity contribution is -0.116. The number of carbonyl (C=O) groups excluding carboxylic acids is 2. The maximum absolute atomic E-state index is 11.7. The maximum Gasteiger partial charge on any atom is 0.271 e. The first kappa shape index (κ1) is 15.4. The standard InChI is InChI=1S/C14H15N5O3/c1-22-13-3-2-10(8-18-13)19-12(20)4-5-17-14(21)11-9-15-6-7-16-11/h2-3,6-9H,4-5H2,1H3,(H,17,21)(H,19,20). The quantitative estimate of drug-likeness (QED) is 0.811. The van der Waals surface area contributed by atoms with Crippen molar-refractivity contribution in [2.45, 2.75) is 6.42 Å². The van der Waals surface area contributed by atoms with E-state index in [2.05, 4.69) is 25.6 Å². The Balaban J connectivity index is 1.74. The summed E-state index contributed by atoms with van der Waals surface area (Å²) < 4.78 is 4.93. The van der Waals surface area contributed by atoms with Gasteiger partial charge in [0, 0.05) is 31.4 Å². The van der Waals surface area contributed by atoms with E-state index in [1.807, 2.05) is 0 Å². The summed E-state index contributed by atoms with van der Waals surface area (Å²) in [7, 11) is 1.51. The Morgan fingerprint density at radius 2 is 2.05 bits per heavy atom. The van der Waals surface area contributed by atoms with Crippen LogP contribution in [0.5, 0.6) is 5.88 Å². The van der Waals surface area contributed by atoms with Crippen molar-refractivity contribution in [2.24, 2.45) is 0 Å². The van der Waals surface area contributed by atoms with Crippen LogP contribution in [0, 0.1) is 0 Å². The summed E-state index contributed by atoms with van der Waals surface area (Å²) >= 11 is 0. The molecule has 2 heterocycles. The van der Waals surface area contributed by atoms with Crippen LogP contribution in [0.3, 0.4) is 0 Å². The van der Waals surface area contributed by atoms with Crippen molar-refractivity contribution in [3.8, 4) is 5.88 Å². The number of methoxy groups -OCH3 is 1. The van der Waals surface area contributed by atoms with Gasteiger partial charge in [-0.2, -0.15) is 0 Å². The highest BCUT2D eigenvalue weighted by Gasteiger charge is 2.08. The summed E-state index contributed by atoms with van der Waals surface area (Å²) in [5, 5.41) is 5.27. The molecule has 0 aliphatic heterocycles.